The van der Waals surface area contributed by atoms with Gasteiger partial charge in [-0.2, -0.15) is 0 Å². The molecule has 0 radical (unpaired) electrons. The number of hydrogen-bond acceptors (Lipinski definition) is 4. The molecule has 0 aliphatic carbocycles. The molecule has 1 atom stereocenters. The SMILES string of the molecule is CN(CCC1CNCCO1)Cc1cc(Br)cs1. The van der Waals surface area contributed by atoms with Gasteiger partial charge in [0.05, 0.1) is 12.7 Å². The Balaban J connectivity index is 1.68. The van der Waals surface area contributed by atoms with Crippen LogP contribution in [0.1, 0.15) is 11.3 Å². The zero-order valence-corrected chi connectivity index (χ0v) is 12.5. The molecule has 0 aromatic carbocycles. The van der Waals surface area contributed by atoms with E-state index in [0.29, 0.717) is 6.10 Å². The summed E-state index contributed by atoms with van der Waals surface area (Å²) in [6.45, 7) is 4.96. The van der Waals surface area contributed by atoms with E-state index >= 15 is 0 Å². The largest absolute Gasteiger partial charge is 0.376 e. The second kappa shape index (κ2) is 6.85. The summed E-state index contributed by atoms with van der Waals surface area (Å²) in [6.07, 6.45) is 1.50. The van der Waals surface area contributed by atoms with Crippen LogP contribution in [0.25, 0.3) is 0 Å². The molecule has 1 saturated heterocycles. The minimum atomic E-state index is 0.390. The Bertz CT molecular complexity index is 339. The van der Waals surface area contributed by atoms with Crippen molar-refractivity contribution in [1.82, 2.24) is 10.2 Å². The first-order valence-electron chi connectivity index (χ1n) is 5.98. The highest BCUT2D eigenvalue weighted by Crippen LogP contribution is 2.20. The monoisotopic (exact) mass is 318 g/mol. The van der Waals surface area contributed by atoms with Crippen molar-refractivity contribution < 1.29 is 4.74 Å². The molecule has 1 aromatic heterocycles. The fourth-order valence-electron chi connectivity index (χ4n) is 1.95. The number of nitrogens with zero attached hydrogens (tertiary/aromatic N) is 1. The van der Waals surface area contributed by atoms with E-state index < -0.39 is 0 Å². The van der Waals surface area contributed by atoms with Crippen LogP contribution in [0.15, 0.2) is 15.9 Å². The smallest absolute Gasteiger partial charge is 0.0712 e. The zero-order valence-electron chi connectivity index (χ0n) is 10.1. The van der Waals surface area contributed by atoms with Crippen LogP contribution < -0.4 is 5.32 Å². The van der Waals surface area contributed by atoms with Gasteiger partial charge in [0.15, 0.2) is 0 Å². The van der Waals surface area contributed by atoms with Crippen molar-refractivity contribution >= 4 is 27.3 Å². The highest BCUT2D eigenvalue weighted by atomic mass is 79.9. The van der Waals surface area contributed by atoms with Crippen molar-refractivity contribution in [3.63, 3.8) is 0 Å². The van der Waals surface area contributed by atoms with Gasteiger partial charge in [-0.05, 0) is 35.5 Å². The zero-order chi connectivity index (χ0) is 12.1. The predicted octanol–water partition coefficient (Wildman–Crippen LogP) is 2.32. The minimum Gasteiger partial charge on any atom is -0.376 e. The first-order chi connectivity index (χ1) is 8.24. The van der Waals surface area contributed by atoms with Crippen molar-refractivity contribution in [2.24, 2.45) is 0 Å². The van der Waals surface area contributed by atoms with Crippen molar-refractivity contribution in [2.75, 3.05) is 33.3 Å². The third-order valence-corrected chi connectivity index (χ3v) is 4.57. The summed E-state index contributed by atoms with van der Waals surface area (Å²) in [4.78, 5) is 3.76. The van der Waals surface area contributed by atoms with E-state index in [0.717, 1.165) is 39.2 Å². The van der Waals surface area contributed by atoms with Crippen LogP contribution in [0.4, 0.5) is 0 Å². The average molecular weight is 319 g/mol. The molecule has 1 aliphatic rings. The Hall–Kier alpha value is 0.0600. The second-order valence-electron chi connectivity index (χ2n) is 4.45. The highest BCUT2D eigenvalue weighted by molar-refractivity contribution is 9.10. The Morgan fingerprint density at radius 2 is 2.53 bits per heavy atom. The summed E-state index contributed by atoms with van der Waals surface area (Å²) in [7, 11) is 2.17. The van der Waals surface area contributed by atoms with E-state index in [-0.39, 0.29) is 0 Å². The topological polar surface area (TPSA) is 24.5 Å². The molecular formula is C12H19BrN2OS. The molecule has 0 amide bonds. The molecule has 3 nitrogen and oxygen atoms in total. The van der Waals surface area contributed by atoms with E-state index in [1.165, 1.54) is 9.35 Å². The van der Waals surface area contributed by atoms with E-state index in [2.05, 4.69) is 44.6 Å². The van der Waals surface area contributed by atoms with Crippen molar-refractivity contribution in [1.29, 1.82) is 0 Å². The quantitative estimate of drug-likeness (QED) is 0.901. The summed E-state index contributed by atoms with van der Waals surface area (Å²) in [5.74, 6) is 0. The first kappa shape index (κ1) is 13.5. The lowest BCUT2D eigenvalue weighted by atomic mass is 10.2. The molecule has 5 heteroatoms. The summed E-state index contributed by atoms with van der Waals surface area (Å²) < 4.78 is 6.87. The molecule has 1 unspecified atom stereocenters. The summed E-state index contributed by atoms with van der Waals surface area (Å²) in [5, 5.41) is 5.50. The molecular weight excluding hydrogens is 300 g/mol. The lowest BCUT2D eigenvalue weighted by Crippen LogP contribution is -2.40. The van der Waals surface area contributed by atoms with Crippen LogP contribution in [-0.4, -0.2) is 44.3 Å². The van der Waals surface area contributed by atoms with Gasteiger partial charge in [0, 0.05) is 40.9 Å². The molecule has 2 heterocycles. The summed E-state index contributed by atoms with van der Waals surface area (Å²) in [5.41, 5.74) is 0. The number of hydrogen-bond donors (Lipinski definition) is 1. The lowest BCUT2D eigenvalue weighted by molar-refractivity contribution is 0.0184. The first-order valence-corrected chi connectivity index (χ1v) is 7.65. The lowest BCUT2D eigenvalue weighted by Gasteiger charge is -2.25. The average Bonchev–Trinajstić information content (AvgIpc) is 2.73. The van der Waals surface area contributed by atoms with Crippen molar-refractivity contribution in [3.05, 3.63) is 20.8 Å². The van der Waals surface area contributed by atoms with Gasteiger partial charge in [-0.15, -0.1) is 11.3 Å². The maximum Gasteiger partial charge on any atom is 0.0712 e. The number of ether oxygens (including phenoxy) is 1. The standard InChI is InChI=1S/C12H19BrN2OS/c1-15(8-12-6-10(13)9-17-12)4-2-11-7-14-3-5-16-11/h6,9,11,14H,2-5,7-8H2,1H3. The van der Waals surface area contributed by atoms with E-state index in [9.17, 15) is 0 Å². The summed E-state index contributed by atoms with van der Waals surface area (Å²) >= 11 is 5.29. The highest BCUT2D eigenvalue weighted by Gasteiger charge is 2.14. The van der Waals surface area contributed by atoms with E-state index in [4.69, 9.17) is 4.74 Å². The number of halogens is 1. The van der Waals surface area contributed by atoms with Crippen LogP contribution >= 0.6 is 27.3 Å². The number of thiophene rings is 1. The third kappa shape index (κ3) is 4.67. The predicted molar refractivity (Wildman–Crippen MR) is 75.6 cm³/mol. The Kier molecular flexibility index (Phi) is 5.44. The van der Waals surface area contributed by atoms with Gasteiger partial charge >= 0.3 is 0 Å². The van der Waals surface area contributed by atoms with E-state index in [1.54, 1.807) is 0 Å². The van der Waals surface area contributed by atoms with Crippen LogP contribution in [0.5, 0.6) is 0 Å². The molecule has 1 fully saturated rings. The third-order valence-electron chi connectivity index (χ3n) is 2.88. The fourth-order valence-corrected chi connectivity index (χ4v) is 3.48. The molecule has 1 N–H and O–H groups in total. The molecule has 0 spiro atoms. The Labute approximate surface area is 115 Å². The molecule has 1 aliphatic heterocycles. The number of morpholine rings is 1. The second-order valence-corrected chi connectivity index (χ2v) is 6.37. The molecule has 2 rings (SSSR count). The molecule has 0 bridgehead atoms. The van der Waals surface area contributed by atoms with E-state index in [1.807, 2.05) is 11.3 Å². The number of nitrogens with one attached hydrogen (secondary N) is 1. The molecule has 96 valence electrons. The van der Waals surface area contributed by atoms with Crippen LogP contribution in [-0.2, 0) is 11.3 Å². The summed E-state index contributed by atoms with van der Waals surface area (Å²) in [6, 6.07) is 2.19. The maximum atomic E-state index is 5.69. The Morgan fingerprint density at radius 3 is 3.18 bits per heavy atom. The van der Waals surface area contributed by atoms with Crippen LogP contribution in [0.2, 0.25) is 0 Å². The van der Waals surface area contributed by atoms with Gasteiger partial charge in [0.25, 0.3) is 0 Å². The van der Waals surface area contributed by atoms with Crippen molar-refractivity contribution in [2.45, 2.75) is 19.1 Å². The van der Waals surface area contributed by atoms with Crippen molar-refractivity contribution in [3.8, 4) is 0 Å². The van der Waals surface area contributed by atoms with Gasteiger partial charge in [-0.3, -0.25) is 0 Å². The fraction of sp³-hybridized carbons (Fsp3) is 0.667. The number of rotatable bonds is 5. The van der Waals surface area contributed by atoms with Gasteiger partial charge < -0.3 is 15.0 Å². The van der Waals surface area contributed by atoms with Gasteiger partial charge in [0.2, 0.25) is 0 Å². The minimum absolute atomic E-state index is 0.390. The molecule has 0 saturated carbocycles. The van der Waals surface area contributed by atoms with Gasteiger partial charge in [-0.25, -0.2) is 0 Å². The molecule has 1 aromatic rings. The maximum absolute atomic E-state index is 5.69. The molecule has 17 heavy (non-hydrogen) atoms. The normalized spacial score (nSPS) is 21.0. The van der Waals surface area contributed by atoms with Crippen LogP contribution in [0, 0.1) is 0 Å². The van der Waals surface area contributed by atoms with Gasteiger partial charge in [0.1, 0.15) is 0 Å². The Morgan fingerprint density at radius 1 is 1.65 bits per heavy atom. The van der Waals surface area contributed by atoms with Gasteiger partial charge in [-0.1, -0.05) is 0 Å². The van der Waals surface area contributed by atoms with Crippen LogP contribution in [0.3, 0.4) is 0 Å².